The van der Waals surface area contributed by atoms with E-state index in [2.05, 4.69) is 15.0 Å². The summed E-state index contributed by atoms with van der Waals surface area (Å²) in [7, 11) is 1.91. The topological polar surface area (TPSA) is 74.2 Å². The number of carbonyl (C=O) groups is 1. The average molecular weight is 315 g/mol. The molecule has 0 unspecified atom stereocenters. The lowest BCUT2D eigenvalue weighted by Gasteiger charge is -2.21. The third kappa shape index (κ3) is 3.68. The van der Waals surface area contributed by atoms with E-state index in [4.69, 9.17) is 0 Å². The van der Waals surface area contributed by atoms with Crippen molar-refractivity contribution in [2.75, 3.05) is 26.2 Å². The van der Waals surface area contributed by atoms with Crippen molar-refractivity contribution in [3.63, 3.8) is 0 Å². The number of aromatic nitrogens is 3. The minimum absolute atomic E-state index is 0.185. The van der Waals surface area contributed by atoms with Gasteiger partial charge in [0.15, 0.2) is 0 Å². The molecule has 0 atom stereocenters. The van der Waals surface area contributed by atoms with E-state index < -0.39 is 0 Å². The van der Waals surface area contributed by atoms with Gasteiger partial charge < -0.3 is 9.88 Å². The van der Waals surface area contributed by atoms with E-state index in [1.807, 2.05) is 19.4 Å². The number of hydrogen-bond donors (Lipinski definition) is 1. The van der Waals surface area contributed by atoms with Crippen molar-refractivity contribution in [2.45, 2.75) is 13.0 Å². The second kappa shape index (κ2) is 6.78. The van der Waals surface area contributed by atoms with Crippen molar-refractivity contribution in [2.24, 2.45) is 7.05 Å². The Hall–Kier alpha value is -2.41. The smallest absolute Gasteiger partial charge is 0.260 e. The molecular weight excluding hydrogens is 294 g/mol. The predicted molar refractivity (Wildman–Crippen MR) is 86.1 cm³/mol. The van der Waals surface area contributed by atoms with Crippen LogP contribution in [-0.4, -0.2) is 56.7 Å². The van der Waals surface area contributed by atoms with E-state index in [9.17, 15) is 9.59 Å². The summed E-state index contributed by atoms with van der Waals surface area (Å²) in [5, 5.41) is 4.19. The number of aryl methyl sites for hydroxylation is 1. The van der Waals surface area contributed by atoms with Gasteiger partial charge in [0, 0.05) is 57.7 Å². The van der Waals surface area contributed by atoms with E-state index in [0.29, 0.717) is 13.1 Å². The minimum atomic E-state index is -0.325. The molecule has 2 aromatic heterocycles. The molecule has 1 saturated heterocycles. The Morgan fingerprint density at radius 2 is 2.17 bits per heavy atom. The van der Waals surface area contributed by atoms with Crippen LogP contribution in [0.1, 0.15) is 22.3 Å². The summed E-state index contributed by atoms with van der Waals surface area (Å²) in [6.07, 6.45) is 6.32. The number of hydrogen-bond acceptors (Lipinski definition) is 4. The molecule has 0 spiro atoms. The van der Waals surface area contributed by atoms with E-state index in [0.717, 1.165) is 26.1 Å². The Balaban J connectivity index is 1.63. The first-order chi connectivity index (χ1) is 11.1. The highest BCUT2D eigenvalue weighted by atomic mass is 16.2. The molecular formula is C16H21N5O2. The first-order valence-corrected chi connectivity index (χ1v) is 7.80. The number of pyridine rings is 1. The maximum absolute atomic E-state index is 12.5. The third-order valence-corrected chi connectivity index (χ3v) is 4.09. The Kier molecular flexibility index (Phi) is 4.57. The molecule has 122 valence electrons. The number of amides is 1. The lowest BCUT2D eigenvalue weighted by molar-refractivity contribution is 0.0759. The highest BCUT2D eigenvalue weighted by molar-refractivity contribution is 5.93. The second-order valence-corrected chi connectivity index (χ2v) is 5.86. The maximum atomic E-state index is 12.5. The molecule has 0 saturated carbocycles. The van der Waals surface area contributed by atoms with Gasteiger partial charge >= 0.3 is 0 Å². The normalized spacial score (nSPS) is 16.3. The highest BCUT2D eigenvalue weighted by Crippen LogP contribution is 2.10. The van der Waals surface area contributed by atoms with Crippen LogP contribution in [0.25, 0.3) is 0 Å². The summed E-state index contributed by atoms with van der Waals surface area (Å²) >= 11 is 0. The second-order valence-electron chi connectivity index (χ2n) is 5.86. The quantitative estimate of drug-likeness (QED) is 0.893. The fourth-order valence-corrected chi connectivity index (χ4v) is 2.90. The van der Waals surface area contributed by atoms with Gasteiger partial charge in [-0.05, 0) is 18.6 Å². The van der Waals surface area contributed by atoms with Gasteiger partial charge in [0.05, 0.1) is 6.20 Å². The largest absolute Gasteiger partial charge is 0.337 e. The molecule has 3 heterocycles. The zero-order valence-electron chi connectivity index (χ0n) is 13.2. The summed E-state index contributed by atoms with van der Waals surface area (Å²) in [5.74, 6) is -0.185. The number of aromatic amines is 1. The van der Waals surface area contributed by atoms with Crippen molar-refractivity contribution in [1.29, 1.82) is 0 Å². The molecule has 1 aliphatic rings. The summed E-state index contributed by atoms with van der Waals surface area (Å²) in [6, 6.07) is 3.26. The van der Waals surface area contributed by atoms with Crippen molar-refractivity contribution >= 4 is 5.91 Å². The molecule has 1 aliphatic heterocycles. The Labute approximate surface area is 134 Å². The van der Waals surface area contributed by atoms with E-state index in [1.54, 1.807) is 21.7 Å². The van der Waals surface area contributed by atoms with Crippen LogP contribution in [0.4, 0.5) is 0 Å². The fourth-order valence-electron chi connectivity index (χ4n) is 2.90. The van der Waals surface area contributed by atoms with Crippen LogP contribution in [0.3, 0.4) is 0 Å². The zero-order valence-corrected chi connectivity index (χ0v) is 13.2. The average Bonchev–Trinajstić information content (AvgIpc) is 2.81. The van der Waals surface area contributed by atoms with Gasteiger partial charge in [-0.25, -0.2) is 0 Å². The maximum Gasteiger partial charge on any atom is 0.260 e. The van der Waals surface area contributed by atoms with Crippen molar-refractivity contribution in [1.82, 2.24) is 24.6 Å². The van der Waals surface area contributed by atoms with Crippen molar-refractivity contribution < 1.29 is 4.79 Å². The van der Waals surface area contributed by atoms with Gasteiger partial charge in [-0.15, -0.1) is 0 Å². The van der Waals surface area contributed by atoms with Crippen LogP contribution in [0.15, 0.2) is 35.5 Å². The van der Waals surface area contributed by atoms with Gasteiger partial charge in [-0.3, -0.25) is 19.2 Å². The van der Waals surface area contributed by atoms with E-state index in [-0.39, 0.29) is 17.0 Å². The van der Waals surface area contributed by atoms with E-state index in [1.165, 1.54) is 11.8 Å². The molecule has 7 nitrogen and oxygen atoms in total. The summed E-state index contributed by atoms with van der Waals surface area (Å²) < 4.78 is 1.80. The molecule has 1 amide bonds. The summed E-state index contributed by atoms with van der Waals surface area (Å²) in [5.41, 5.74) is 1.06. The number of carbonyl (C=O) groups excluding carboxylic acids is 1. The van der Waals surface area contributed by atoms with E-state index >= 15 is 0 Å². The van der Waals surface area contributed by atoms with Crippen LogP contribution in [0, 0.1) is 0 Å². The molecule has 0 aliphatic carbocycles. The first-order valence-electron chi connectivity index (χ1n) is 7.80. The Morgan fingerprint density at radius 1 is 1.30 bits per heavy atom. The molecule has 1 fully saturated rings. The summed E-state index contributed by atoms with van der Waals surface area (Å²) in [4.78, 5) is 30.9. The third-order valence-electron chi connectivity index (χ3n) is 4.09. The molecule has 23 heavy (non-hydrogen) atoms. The number of nitrogens with zero attached hydrogens (tertiary/aromatic N) is 4. The van der Waals surface area contributed by atoms with Gasteiger partial charge in [-0.1, -0.05) is 0 Å². The molecule has 0 radical (unpaired) electrons. The Bertz CT molecular complexity index is 736. The number of rotatable bonds is 3. The molecule has 7 heteroatoms. The van der Waals surface area contributed by atoms with Gasteiger partial charge in [-0.2, -0.15) is 5.10 Å². The highest BCUT2D eigenvalue weighted by Gasteiger charge is 2.22. The zero-order chi connectivity index (χ0) is 16.2. The number of H-pyrrole nitrogens is 1. The lowest BCUT2D eigenvalue weighted by Crippen LogP contribution is -2.37. The van der Waals surface area contributed by atoms with Crippen LogP contribution in [0.2, 0.25) is 0 Å². The Morgan fingerprint density at radius 3 is 2.91 bits per heavy atom. The van der Waals surface area contributed by atoms with Crippen molar-refractivity contribution in [3.05, 3.63) is 52.2 Å². The van der Waals surface area contributed by atoms with Crippen LogP contribution < -0.4 is 5.56 Å². The van der Waals surface area contributed by atoms with Crippen LogP contribution >= 0.6 is 0 Å². The molecule has 0 aromatic carbocycles. The van der Waals surface area contributed by atoms with Gasteiger partial charge in [0.25, 0.3) is 11.5 Å². The first kappa shape index (κ1) is 15.5. The predicted octanol–water partition coefficient (Wildman–Crippen LogP) is 0.457. The van der Waals surface area contributed by atoms with Crippen molar-refractivity contribution in [3.8, 4) is 0 Å². The number of nitrogens with one attached hydrogen (secondary N) is 1. The van der Waals surface area contributed by atoms with Gasteiger partial charge in [0.1, 0.15) is 5.56 Å². The molecule has 0 bridgehead atoms. The fraction of sp³-hybridized carbons (Fsp3) is 0.438. The van der Waals surface area contributed by atoms with Crippen LogP contribution in [-0.2, 0) is 13.6 Å². The molecule has 1 N–H and O–H groups in total. The monoisotopic (exact) mass is 315 g/mol. The van der Waals surface area contributed by atoms with Gasteiger partial charge in [0.2, 0.25) is 0 Å². The molecule has 2 aromatic rings. The standard InChI is InChI=1S/C16H21N5O2/c1-19-11-13(10-18-19)12-20-6-3-7-21(9-8-20)16(23)14-4-2-5-17-15(14)22/h2,4-5,10-11H,3,6-9,12H2,1H3,(H,17,22). The lowest BCUT2D eigenvalue weighted by atomic mass is 10.2. The summed E-state index contributed by atoms with van der Waals surface area (Å²) in [6.45, 7) is 3.88. The minimum Gasteiger partial charge on any atom is -0.337 e. The van der Waals surface area contributed by atoms with Crippen LogP contribution in [0.5, 0.6) is 0 Å². The SMILES string of the molecule is Cn1cc(CN2CCCN(C(=O)c3ccc[nH]c3=O)CC2)cn1. The molecule has 3 rings (SSSR count).